The summed E-state index contributed by atoms with van der Waals surface area (Å²) in [5, 5.41) is 3.36. The van der Waals surface area contributed by atoms with Crippen LogP contribution >= 0.6 is 0 Å². The van der Waals surface area contributed by atoms with E-state index in [9.17, 15) is 0 Å². The van der Waals surface area contributed by atoms with E-state index in [0.717, 1.165) is 5.56 Å². The Morgan fingerprint density at radius 1 is 1.00 bits per heavy atom. The van der Waals surface area contributed by atoms with Crippen molar-refractivity contribution >= 4 is 0 Å². The number of hydrogen-bond donors (Lipinski definition) is 1. The lowest BCUT2D eigenvalue weighted by Crippen LogP contribution is -2.29. The minimum absolute atomic E-state index is 0.282. The largest absolute Gasteiger partial charge is 0.493 e. The number of methoxy groups -OCH3 is 4. The SMILES string of the molecule is COC[C@@H](C)NCc1cc(OC)c(OC)c(OC)c1. The van der Waals surface area contributed by atoms with Gasteiger partial charge >= 0.3 is 0 Å². The maximum absolute atomic E-state index is 5.32. The molecule has 1 atom stereocenters. The average molecular weight is 269 g/mol. The highest BCUT2D eigenvalue weighted by molar-refractivity contribution is 5.53. The van der Waals surface area contributed by atoms with Crippen LogP contribution < -0.4 is 19.5 Å². The normalized spacial score (nSPS) is 12.1. The van der Waals surface area contributed by atoms with Gasteiger partial charge in [-0.1, -0.05) is 0 Å². The molecule has 108 valence electrons. The lowest BCUT2D eigenvalue weighted by molar-refractivity contribution is 0.171. The van der Waals surface area contributed by atoms with Crippen molar-refractivity contribution in [3.63, 3.8) is 0 Å². The smallest absolute Gasteiger partial charge is 0.203 e. The summed E-state index contributed by atoms with van der Waals surface area (Å²) in [6, 6.07) is 4.16. The third kappa shape index (κ3) is 4.29. The Morgan fingerprint density at radius 3 is 2.00 bits per heavy atom. The van der Waals surface area contributed by atoms with Gasteiger partial charge in [-0.2, -0.15) is 0 Å². The first-order valence-electron chi connectivity index (χ1n) is 6.17. The van der Waals surface area contributed by atoms with Gasteiger partial charge in [0.2, 0.25) is 5.75 Å². The second-order valence-corrected chi connectivity index (χ2v) is 4.27. The van der Waals surface area contributed by atoms with Gasteiger partial charge in [0, 0.05) is 19.7 Å². The molecule has 0 aliphatic heterocycles. The second kappa shape index (κ2) is 7.86. The highest BCUT2D eigenvalue weighted by Gasteiger charge is 2.13. The van der Waals surface area contributed by atoms with Crippen molar-refractivity contribution in [2.45, 2.75) is 19.5 Å². The summed E-state index contributed by atoms with van der Waals surface area (Å²) in [5.41, 5.74) is 1.07. The van der Waals surface area contributed by atoms with Crippen LogP contribution in [-0.4, -0.2) is 41.1 Å². The van der Waals surface area contributed by atoms with Crippen molar-refractivity contribution in [1.29, 1.82) is 0 Å². The molecule has 5 heteroatoms. The maximum Gasteiger partial charge on any atom is 0.203 e. The van der Waals surface area contributed by atoms with Crippen LogP contribution in [0.2, 0.25) is 0 Å². The first kappa shape index (κ1) is 15.6. The molecule has 0 aliphatic rings. The second-order valence-electron chi connectivity index (χ2n) is 4.27. The van der Waals surface area contributed by atoms with Gasteiger partial charge < -0.3 is 24.3 Å². The fourth-order valence-corrected chi connectivity index (χ4v) is 1.84. The molecule has 0 aliphatic carbocycles. The molecule has 0 unspecified atom stereocenters. The Balaban J connectivity index is 2.84. The Labute approximate surface area is 114 Å². The van der Waals surface area contributed by atoms with Crippen LogP contribution in [0.15, 0.2) is 12.1 Å². The van der Waals surface area contributed by atoms with Gasteiger partial charge in [-0.25, -0.2) is 0 Å². The molecule has 1 aromatic carbocycles. The molecule has 1 N–H and O–H groups in total. The molecule has 19 heavy (non-hydrogen) atoms. The maximum atomic E-state index is 5.32. The van der Waals surface area contributed by atoms with Gasteiger partial charge in [-0.3, -0.25) is 0 Å². The predicted molar refractivity (Wildman–Crippen MR) is 74.3 cm³/mol. The summed E-state index contributed by atoms with van der Waals surface area (Å²) in [6.07, 6.45) is 0. The average Bonchev–Trinajstić information content (AvgIpc) is 2.44. The molecule has 0 amide bonds. The number of ether oxygens (including phenoxy) is 4. The van der Waals surface area contributed by atoms with Gasteiger partial charge in [0.25, 0.3) is 0 Å². The third-order valence-corrected chi connectivity index (χ3v) is 2.80. The van der Waals surface area contributed by atoms with Gasteiger partial charge in [0.15, 0.2) is 11.5 Å². The van der Waals surface area contributed by atoms with Crippen molar-refractivity contribution in [3.05, 3.63) is 17.7 Å². The van der Waals surface area contributed by atoms with Crippen LogP contribution in [0.25, 0.3) is 0 Å². The summed E-state index contributed by atoms with van der Waals surface area (Å²) in [6.45, 7) is 3.45. The zero-order valence-corrected chi connectivity index (χ0v) is 12.3. The molecule has 0 bridgehead atoms. The zero-order valence-electron chi connectivity index (χ0n) is 12.3. The number of benzene rings is 1. The fourth-order valence-electron chi connectivity index (χ4n) is 1.84. The highest BCUT2D eigenvalue weighted by atomic mass is 16.5. The minimum Gasteiger partial charge on any atom is -0.493 e. The molecular formula is C14H23NO4. The lowest BCUT2D eigenvalue weighted by Gasteiger charge is -2.16. The lowest BCUT2D eigenvalue weighted by atomic mass is 10.1. The molecule has 0 fully saturated rings. The standard InChI is InChI=1S/C14H23NO4/c1-10(9-16-2)15-8-11-6-12(17-3)14(19-5)13(7-11)18-4/h6-7,10,15H,8-9H2,1-5H3/t10-/m1/s1. The molecule has 5 nitrogen and oxygen atoms in total. The third-order valence-electron chi connectivity index (χ3n) is 2.80. The monoisotopic (exact) mass is 269 g/mol. The van der Waals surface area contributed by atoms with Crippen molar-refractivity contribution in [2.75, 3.05) is 35.0 Å². The Hall–Kier alpha value is -1.46. The first-order valence-corrected chi connectivity index (χ1v) is 6.17. The molecule has 1 rings (SSSR count). The Morgan fingerprint density at radius 2 is 1.58 bits per heavy atom. The first-order chi connectivity index (χ1) is 9.15. The van der Waals surface area contributed by atoms with E-state index < -0.39 is 0 Å². The van der Waals surface area contributed by atoms with E-state index in [1.165, 1.54) is 0 Å². The van der Waals surface area contributed by atoms with Crippen LogP contribution in [0.3, 0.4) is 0 Å². The van der Waals surface area contributed by atoms with Crippen molar-refractivity contribution in [3.8, 4) is 17.2 Å². The van der Waals surface area contributed by atoms with Gasteiger partial charge in [-0.15, -0.1) is 0 Å². The molecule has 0 saturated heterocycles. The van der Waals surface area contributed by atoms with Crippen molar-refractivity contribution in [1.82, 2.24) is 5.32 Å². The van der Waals surface area contributed by atoms with Crippen LogP contribution in [0.4, 0.5) is 0 Å². The van der Waals surface area contributed by atoms with E-state index in [2.05, 4.69) is 12.2 Å². The van der Waals surface area contributed by atoms with Crippen LogP contribution in [0.1, 0.15) is 12.5 Å². The molecule has 0 radical (unpaired) electrons. The Kier molecular flexibility index (Phi) is 6.45. The molecule has 0 aromatic heterocycles. The summed E-state index contributed by atoms with van der Waals surface area (Å²) in [7, 11) is 6.51. The molecule has 0 saturated carbocycles. The van der Waals surface area contributed by atoms with Gasteiger partial charge in [0.1, 0.15) is 0 Å². The van der Waals surface area contributed by atoms with E-state index in [-0.39, 0.29) is 6.04 Å². The predicted octanol–water partition coefficient (Wildman–Crippen LogP) is 1.84. The molecule has 0 spiro atoms. The quantitative estimate of drug-likeness (QED) is 0.780. The number of rotatable bonds is 8. The fraction of sp³-hybridized carbons (Fsp3) is 0.571. The van der Waals surface area contributed by atoms with E-state index in [1.54, 1.807) is 28.4 Å². The summed E-state index contributed by atoms with van der Waals surface area (Å²) in [5.74, 6) is 1.94. The zero-order chi connectivity index (χ0) is 14.3. The summed E-state index contributed by atoms with van der Waals surface area (Å²) >= 11 is 0. The van der Waals surface area contributed by atoms with Gasteiger partial charge in [0.05, 0.1) is 27.9 Å². The Bertz CT molecular complexity index is 370. The minimum atomic E-state index is 0.282. The van der Waals surface area contributed by atoms with E-state index >= 15 is 0 Å². The van der Waals surface area contributed by atoms with E-state index in [1.807, 2.05) is 12.1 Å². The summed E-state index contributed by atoms with van der Waals surface area (Å²) in [4.78, 5) is 0. The highest BCUT2D eigenvalue weighted by Crippen LogP contribution is 2.38. The number of hydrogen-bond acceptors (Lipinski definition) is 5. The molecule has 0 heterocycles. The topological polar surface area (TPSA) is 49.0 Å². The van der Waals surface area contributed by atoms with Gasteiger partial charge in [-0.05, 0) is 24.6 Å². The van der Waals surface area contributed by atoms with E-state index in [4.69, 9.17) is 18.9 Å². The van der Waals surface area contributed by atoms with Crippen molar-refractivity contribution in [2.24, 2.45) is 0 Å². The summed E-state index contributed by atoms with van der Waals surface area (Å²) < 4.78 is 21.0. The molecule has 1 aromatic rings. The van der Waals surface area contributed by atoms with Crippen molar-refractivity contribution < 1.29 is 18.9 Å². The van der Waals surface area contributed by atoms with E-state index in [0.29, 0.717) is 30.4 Å². The van der Waals surface area contributed by atoms with Crippen LogP contribution in [-0.2, 0) is 11.3 Å². The van der Waals surface area contributed by atoms with Crippen LogP contribution in [0, 0.1) is 0 Å². The molecular weight excluding hydrogens is 246 g/mol. The van der Waals surface area contributed by atoms with Crippen LogP contribution in [0.5, 0.6) is 17.2 Å². The number of nitrogens with one attached hydrogen (secondary N) is 1.